The largest absolute Gasteiger partial charge is 0.391 e. The van der Waals surface area contributed by atoms with Crippen LogP contribution in [0.15, 0.2) is 0 Å². The molecule has 0 rings (SSSR count). The summed E-state index contributed by atoms with van der Waals surface area (Å²) in [6.07, 6.45) is -0.747. The molecular weight excluding hydrogens is 244 g/mol. The number of ether oxygens (including phenoxy) is 1. The molecule has 0 aliphatic heterocycles. The minimum absolute atomic E-state index is 0.206. The molecule has 5 heteroatoms. The smallest absolute Gasteiger partial charge is 0.239 e. The van der Waals surface area contributed by atoms with E-state index >= 15 is 0 Å². The number of hydrogen-bond acceptors (Lipinski definition) is 4. The zero-order chi connectivity index (χ0) is 15.3. The Morgan fingerprint density at radius 1 is 1.21 bits per heavy atom. The van der Waals surface area contributed by atoms with Crippen molar-refractivity contribution in [1.29, 1.82) is 0 Å². The van der Waals surface area contributed by atoms with E-state index in [4.69, 9.17) is 4.74 Å². The third kappa shape index (κ3) is 9.87. The van der Waals surface area contributed by atoms with Crippen molar-refractivity contribution in [3.05, 3.63) is 0 Å². The molecule has 0 bridgehead atoms. The van der Waals surface area contributed by atoms with E-state index in [-0.39, 0.29) is 17.0 Å². The van der Waals surface area contributed by atoms with Gasteiger partial charge in [-0.1, -0.05) is 0 Å². The maximum atomic E-state index is 12.0. The summed E-state index contributed by atoms with van der Waals surface area (Å²) in [5.74, 6) is -0.206. The second-order valence-corrected chi connectivity index (χ2v) is 6.86. The lowest BCUT2D eigenvalue weighted by Crippen LogP contribution is -2.56. The molecule has 0 heterocycles. The van der Waals surface area contributed by atoms with Crippen LogP contribution in [0, 0.1) is 0 Å². The molecule has 0 aromatic heterocycles. The third-order valence-electron chi connectivity index (χ3n) is 2.29. The molecule has 2 atom stereocenters. The lowest BCUT2D eigenvalue weighted by molar-refractivity contribution is -0.126. The summed E-state index contributed by atoms with van der Waals surface area (Å²) >= 11 is 0. The Balaban J connectivity index is 4.21. The van der Waals surface area contributed by atoms with E-state index in [0.29, 0.717) is 13.2 Å². The Labute approximate surface area is 117 Å². The fraction of sp³-hybridized carbons (Fsp3) is 0.929. The zero-order valence-electron chi connectivity index (χ0n) is 13.3. The Bertz CT molecular complexity index is 277. The Morgan fingerprint density at radius 2 is 1.74 bits per heavy atom. The number of hydrogen-bond donors (Lipinski definition) is 3. The predicted octanol–water partition coefficient (Wildman–Crippen LogP) is 1.06. The van der Waals surface area contributed by atoms with Crippen molar-refractivity contribution < 1.29 is 14.6 Å². The van der Waals surface area contributed by atoms with Gasteiger partial charge in [-0.15, -0.1) is 0 Å². The fourth-order valence-electron chi connectivity index (χ4n) is 1.51. The lowest BCUT2D eigenvalue weighted by atomic mass is 10.0. The maximum absolute atomic E-state index is 12.0. The number of amides is 1. The average Bonchev–Trinajstić information content (AvgIpc) is 2.17. The highest BCUT2D eigenvalue weighted by Crippen LogP contribution is 2.06. The molecule has 5 nitrogen and oxygen atoms in total. The van der Waals surface area contributed by atoms with E-state index in [0.717, 1.165) is 0 Å². The van der Waals surface area contributed by atoms with Crippen LogP contribution in [-0.4, -0.2) is 47.5 Å². The number of carbonyl (C=O) groups is 1. The van der Waals surface area contributed by atoms with Gasteiger partial charge in [0.2, 0.25) is 5.91 Å². The van der Waals surface area contributed by atoms with Gasteiger partial charge in [0, 0.05) is 12.1 Å². The fourth-order valence-corrected chi connectivity index (χ4v) is 1.51. The van der Waals surface area contributed by atoms with Crippen LogP contribution in [0.25, 0.3) is 0 Å². The summed E-state index contributed by atoms with van der Waals surface area (Å²) in [4.78, 5) is 12.0. The monoisotopic (exact) mass is 274 g/mol. The molecule has 19 heavy (non-hydrogen) atoms. The second kappa shape index (κ2) is 7.22. The number of aliphatic hydroxyl groups is 1. The Morgan fingerprint density at radius 3 is 2.11 bits per heavy atom. The topological polar surface area (TPSA) is 70.6 Å². The molecule has 1 amide bonds. The highest BCUT2D eigenvalue weighted by atomic mass is 16.5. The SMILES string of the molecule is C[C@@H](O)[C@H](NC(C)(C)C)C(=O)NCCOC(C)(C)C. The molecule has 3 N–H and O–H groups in total. The van der Waals surface area contributed by atoms with E-state index in [1.54, 1.807) is 6.92 Å². The van der Waals surface area contributed by atoms with Gasteiger partial charge in [-0.2, -0.15) is 0 Å². The first-order valence-corrected chi connectivity index (χ1v) is 6.80. The molecule has 0 saturated heterocycles. The van der Waals surface area contributed by atoms with Gasteiger partial charge < -0.3 is 15.2 Å². The highest BCUT2D eigenvalue weighted by Gasteiger charge is 2.27. The van der Waals surface area contributed by atoms with Crippen LogP contribution in [0.4, 0.5) is 0 Å². The molecule has 0 aromatic carbocycles. The molecule has 0 saturated carbocycles. The zero-order valence-corrected chi connectivity index (χ0v) is 13.3. The van der Waals surface area contributed by atoms with Crippen LogP contribution in [0.3, 0.4) is 0 Å². The van der Waals surface area contributed by atoms with Gasteiger partial charge >= 0.3 is 0 Å². The lowest BCUT2D eigenvalue weighted by Gasteiger charge is -2.29. The molecule has 0 aliphatic carbocycles. The highest BCUT2D eigenvalue weighted by molar-refractivity contribution is 5.82. The van der Waals surface area contributed by atoms with Crippen LogP contribution in [0.5, 0.6) is 0 Å². The minimum atomic E-state index is -0.747. The maximum Gasteiger partial charge on any atom is 0.239 e. The first-order valence-electron chi connectivity index (χ1n) is 6.80. The third-order valence-corrected chi connectivity index (χ3v) is 2.29. The summed E-state index contributed by atoms with van der Waals surface area (Å²) in [6.45, 7) is 14.3. The normalized spacial score (nSPS) is 16.0. The molecule has 0 fully saturated rings. The second-order valence-electron chi connectivity index (χ2n) is 6.86. The Hall–Kier alpha value is -0.650. The van der Waals surface area contributed by atoms with E-state index in [9.17, 15) is 9.90 Å². The van der Waals surface area contributed by atoms with Crippen molar-refractivity contribution in [2.75, 3.05) is 13.2 Å². The van der Waals surface area contributed by atoms with Gasteiger partial charge in [0.1, 0.15) is 6.04 Å². The summed E-state index contributed by atoms with van der Waals surface area (Å²) in [5, 5.41) is 15.6. The summed E-state index contributed by atoms with van der Waals surface area (Å²) in [7, 11) is 0. The van der Waals surface area contributed by atoms with Gasteiger partial charge in [0.25, 0.3) is 0 Å². The van der Waals surface area contributed by atoms with Crippen LogP contribution in [0.2, 0.25) is 0 Å². The molecule has 0 unspecified atom stereocenters. The van der Waals surface area contributed by atoms with Gasteiger partial charge in [-0.25, -0.2) is 0 Å². The van der Waals surface area contributed by atoms with Crippen molar-refractivity contribution in [3.63, 3.8) is 0 Å². The van der Waals surface area contributed by atoms with Gasteiger partial charge in [-0.3, -0.25) is 10.1 Å². The molecular formula is C14H30N2O3. The number of rotatable bonds is 6. The first kappa shape index (κ1) is 18.4. The van der Waals surface area contributed by atoms with Crippen LogP contribution < -0.4 is 10.6 Å². The van der Waals surface area contributed by atoms with Crippen molar-refractivity contribution in [2.45, 2.75) is 71.8 Å². The Kier molecular flexibility index (Phi) is 6.97. The van der Waals surface area contributed by atoms with Gasteiger partial charge in [0.15, 0.2) is 0 Å². The van der Waals surface area contributed by atoms with E-state index in [2.05, 4.69) is 10.6 Å². The number of aliphatic hydroxyl groups excluding tert-OH is 1. The summed E-state index contributed by atoms with van der Waals surface area (Å²) < 4.78 is 5.52. The molecule has 0 aromatic rings. The van der Waals surface area contributed by atoms with Crippen LogP contribution >= 0.6 is 0 Å². The molecule has 0 spiro atoms. The van der Waals surface area contributed by atoms with E-state index in [1.807, 2.05) is 41.5 Å². The predicted molar refractivity (Wildman–Crippen MR) is 77.1 cm³/mol. The van der Waals surface area contributed by atoms with Crippen molar-refractivity contribution >= 4 is 5.91 Å². The quantitative estimate of drug-likeness (QED) is 0.633. The molecule has 0 radical (unpaired) electrons. The first-order chi connectivity index (χ1) is 8.42. The van der Waals surface area contributed by atoms with Crippen LogP contribution in [0.1, 0.15) is 48.5 Å². The molecule has 114 valence electrons. The average molecular weight is 274 g/mol. The molecule has 0 aliphatic rings. The number of nitrogens with one attached hydrogen (secondary N) is 2. The van der Waals surface area contributed by atoms with Gasteiger partial charge in [-0.05, 0) is 48.5 Å². The van der Waals surface area contributed by atoms with Crippen LogP contribution in [-0.2, 0) is 9.53 Å². The standard InChI is InChI=1S/C14H30N2O3/c1-10(17)11(16-13(2,3)4)12(18)15-8-9-19-14(5,6)7/h10-11,16-17H,8-9H2,1-7H3,(H,15,18)/t10-,11+/m1/s1. The summed E-state index contributed by atoms with van der Waals surface area (Å²) in [5.41, 5.74) is -0.445. The van der Waals surface area contributed by atoms with Gasteiger partial charge in [0.05, 0.1) is 18.3 Å². The van der Waals surface area contributed by atoms with Crippen molar-refractivity contribution in [1.82, 2.24) is 10.6 Å². The van der Waals surface area contributed by atoms with E-state index in [1.165, 1.54) is 0 Å². The number of carbonyl (C=O) groups excluding carboxylic acids is 1. The minimum Gasteiger partial charge on any atom is -0.391 e. The van der Waals surface area contributed by atoms with Crippen molar-refractivity contribution in [2.24, 2.45) is 0 Å². The van der Waals surface area contributed by atoms with E-state index < -0.39 is 12.1 Å². The summed E-state index contributed by atoms with van der Waals surface area (Å²) in [6, 6.07) is -0.616. The van der Waals surface area contributed by atoms with Crippen molar-refractivity contribution in [3.8, 4) is 0 Å².